The lowest BCUT2D eigenvalue weighted by molar-refractivity contribution is 0.214. The quantitative estimate of drug-likeness (QED) is 0.729. The van der Waals surface area contributed by atoms with Gasteiger partial charge in [-0.1, -0.05) is 24.3 Å². The molecule has 0 spiro atoms. The van der Waals surface area contributed by atoms with Crippen molar-refractivity contribution in [2.75, 3.05) is 0 Å². The maximum Gasteiger partial charge on any atom is 0.108 e. The minimum absolute atomic E-state index is 0.580. The Morgan fingerprint density at radius 1 is 1.27 bits per heavy atom. The van der Waals surface area contributed by atoms with Gasteiger partial charge in [0.15, 0.2) is 0 Å². The van der Waals surface area contributed by atoms with Crippen LogP contribution in [0.1, 0.15) is 35.3 Å². The zero-order chi connectivity index (χ0) is 11.6. The van der Waals surface area contributed by atoms with Gasteiger partial charge in [-0.15, -0.1) is 5.73 Å². The summed E-state index contributed by atoms with van der Waals surface area (Å²) in [7, 11) is 0. The van der Waals surface area contributed by atoms with Gasteiger partial charge in [-0.05, 0) is 44.4 Å². The van der Waals surface area contributed by atoms with Crippen molar-refractivity contribution < 1.29 is 5.11 Å². The summed E-state index contributed by atoms with van der Waals surface area (Å²) in [5.74, 6) is 0. The van der Waals surface area contributed by atoms with Gasteiger partial charge in [-0.25, -0.2) is 0 Å². The summed E-state index contributed by atoms with van der Waals surface area (Å²) < 4.78 is 0. The van der Waals surface area contributed by atoms with Crippen LogP contribution < -0.4 is 0 Å². The molecule has 1 heteroatoms. The van der Waals surface area contributed by atoms with Gasteiger partial charge in [-0.2, -0.15) is 0 Å². The summed E-state index contributed by atoms with van der Waals surface area (Å²) in [5, 5.41) is 10.1. The monoisotopic (exact) mass is 202 g/mol. The fraction of sp³-hybridized carbons (Fsp3) is 0.357. The number of aryl methyl sites for hydroxylation is 3. The number of rotatable bonds is 2. The Bertz CT molecular complexity index is 400. The summed E-state index contributed by atoms with van der Waals surface area (Å²) in [6, 6.07) is 4.17. The lowest BCUT2D eigenvalue weighted by Crippen LogP contribution is -2.04. The first-order valence-electron chi connectivity index (χ1n) is 5.09. The van der Waals surface area contributed by atoms with E-state index in [-0.39, 0.29) is 0 Å². The van der Waals surface area contributed by atoms with Crippen LogP contribution in [0.4, 0.5) is 0 Å². The standard InChI is InChI=1S/C14H18O/c1-6-10(3)14(15)13-11(4)7-9(2)8-12(13)5/h7-8,14-15H,1H2,2-5H3. The van der Waals surface area contributed by atoms with E-state index in [0.29, 0.717) is 0 Å². The van der Waals surface area contributed by atoms with Gasteiger partial charge in [0.2, 0.25) is 0 Å². The molecule has 1 aromatic rings. The molecule has 80 valence electrons. The van der Waals surface area contributed by atoms with Crippen LogP contribution in [0.25, 0.3) is 0 Å². The number of aliphatic hydroxyl groups is 1. The van der Waals surface area contributed by atoms with Gasteiger partial charge in [0.1, 0.15) is 6.10 Å². The minimum Gasteiger partial charge on any atom is -0.383 e. The molecule has 1 atom stereocenters. The largest absolute Gasteiger partial charge is 0.383 e. The molecule has 0 radical (unpaired) electrons. The molecule has 0 aliphatic carbocycles. The van der Waals surface area contributed by atoms with Crippen molar-refractivity contribution in [3.05, 3.63) is 52.3 Å². The topological polar surface area (TPSA) is 20.2 Å². The molecule has 0 fully saturated rings. The Balaban J connectivity index is 3.32. The molecule has 0 aromatic heterocycles. The predicted octanol–water partition coefficient (Wildman–Crippen LogP) is 3.38. The summed E-state index contributed by atoms with van der Waals surface area (Å²) in [6.45, 7) is 11.5. The average molecular weight is 202 g/mol. The van der Waals surface area contributed by atoms with Gasteiger partial charge >= 0.3 is 0 Å². The van der Waals surface area contributed by atoms with E-state index >= 15 is 0 Å². The van der Waals surface area contributed by atoms with Gasteiger partial charge in [-0.3, -0.25) is 0 Å². The van der Waals surface area contributed by atoms with Crippen molar-refractivity contribution in [1.82, 2.24) is 0 Å². The third-order valence-corrected chi connectivity index (χ3v) is 2.70. The van der Waals surface area contributed by atoms with Gasteiger partial charge in [0, 0.05) is 5.57 Å². The zero-order valence-corrected chi connectivity index (χ0v) is 9.89. The van der Waals surface area contributed by atoms with Crippen LogP contribution in [0.15, 0.2) is 30.0 Å². The normalized spacial score (nSPS) is 12.1. The van der Waals surface area contributed by atoms with E-state index < -0.39 is 6.10 Å². The van der Waals surface area contributed by atoms with Crippen LogP contribution in [-0.2, 0) is 0 Å². The number of benzene rings is 1. The Morgan fingerprint density at radius 2 is 1.73 bits per heavy atom. The van der Waals surface area contributed by atoms with Gasteiger partial charge in [0.05, 0.1) is 0 Å². The van der Waals surface area contributed by atoms with Crippen LogP contribution in [-0.4, -0.2) is 5.11 Å². The fourth-order valence-electron chi connectivity index (χ4n) is 1.94. The maximum atomic E-state index is 10.1. The van der Waals surface area contributed by atoms with Crippen molar-refractivity contribution in [3.63, 3.8) is 0 Å². The van der Waals surface area contributed by atoms with Gasteiger partial charge in [0.25, 0.3) is 0 Å². The fourth-order valence-corrected chi connectivity index (χ4v) is 1.94. The highest BCUT2D eigenvalue weighted by molar-refractivity contribution is 5.41. The SMILES string of the molecule is C=C=C(C)C(O)c1c(C)cc(C)cc1C. The Hall–Kier alpha value is -1.30. The predicted molar refractivity (Wildman–Crippen MR) is 63.9 cm³/mol. The summed E-state index contributed by atoms with van der Waals surface area (Å²) in [5.41, 5.74) is 7.96. The molecule has 0 amide bonds. The number of hydrogen-bond acceptors (Lipinski definition) is 1. The van der Waals surface area contributed by atoms with Gasteiger partial charge < -0.3 is 5.11 Å². The molecule has 1 nitrogen and oxygen atoms in total. The highest BCUT2D eigenvalue weighted by Gasteiger charge is 2.14. The lowest BCUT2D eigenvalue weighted by atomic mass is 9.93. The second-order valence-corrected chi connectivity index (χ2v) is 4.07. The Labute approximate surface area is 91.8 Å². The first-order chi connectivity index (χ1) is 6.97. The second-order valence-electron chi connectivity index (χ2n) is 4.07. The molecule has 1 rings (SSSR count). The van der Waals surface area contributed by atoms with Crippen LogP contribution >= 0.6 is 0 Å². The molecule has 0 aliphatic heterocycles. The van der Waals surface area contributed by atoms with E-state index in [4.69, 9.17) is 0 Å². The van der Waals surface area contributed by atoms with Crippen molar-refractivity contribution in [1.29, 1.82) is 0 Å². The van der Waals surface area contributed by atoms with E-state index in [2.05, 4.69) is 31.4 Å². The van der Waals surface area contributed by atoms with Crippen molar-refractivity contribution in [2.24, 2.45) is 0 Å². The molecule has 0 saturated heterocycles. The number of hydrogen-bond donors (Lipinski definition) is 1. The Morgan fingerprint density at radius 3 is 2.13 bits per heavy atom. The zero-order valence-electron chi connectivity index (χ0n) is 9.89. The molecule has 15 heavy (non-hydrogen) atoms. The summed E-state index contributed by atoms with van der Waals surface area (Å²) in [6.07, 6.45) is -0.580. The van der Waals surface area contributed by atoms with E-state index in [0.717, 1.165) is 22.3 Å². The van der Waals surface area contributed by atoms with Crippen molar-refractivity contribution >= 4 is 0 Å². The van der Waals surface area contributed by atoms with E-state index in [1.807, 2.05) is 20.8 Å². The van der Waals surface area contributed by atoms with Crippen LogP contribution in [0.3, 0.4) is 0 Å². The smallest absolute Gasteiger partial charge is 0.108 e. The van der Waals surface area contributed by atoms with E-state index in [1.165, 1.54) is 5.56 Å². The lowest BCUT2D eigenvalue weighted by Gasteiger charge is -2.17. The molecule has 1 aromatic carbocycles. The van der Waals surface area contributed by atoms with Crippen LogP contribution in [0.5, 0.6) is 0 Å². The van der Waals surface area contributed by atoms with Crippen molar-refractivity contribution in [3.8, 4) is 0 Å². The highest BCUT2D eigenvalue weighted by Crippen LogP contribution is 2.27. The first-order valence-corrected chi connectivity index (χ1v) is 5.09. The highest BCUT2D eigenvalue weighted by atomic mass is 16.3. The summed E-state index contributed by atoms with van der Waals surface area (Å²) in [4.78, 5) is 0. The third-order valence-electron chi connectivity index (χ3n) is 2.70. The van der Waals surface area contributed by atoms with Crippen LogP contribution in [0.2, 0.25) is 0 Å². The third kappa shape index (κ3) is 2.38. The molecular weight excluding hydrogens is 184 g/mol. The maximum absolute atomic E-state index is 10.1. The van der Waals surface area contributed by atoms with E-state index in [1.54, 1.807) is 0 Å². The average Bonchev–Trinajstić information content (AvgIpc) is 2.14. The Kier molecular flexibility index (Phi) is 3.52. The first kappa shape index (κ1) is 11.8. The van der Waals surface area contributed by atoms with E-state index in [9.17, 15) is 5.11 Å². The second kappa shape index (κ2) is 4.48. The van der Waals surface area contributed by atoms with Crippen LogP contribution in [0, 0.1) is 20.8 Å². The molecule has 1 unspecified atom stereocenters. The molecule has 0 saturated carbocycles. The molecule has 0 heterocycles. The molecule has 1 N–H and O–H groups in total. The summed E-state index contributed by atoms with van der Waals surface area (Å²) >= 11 is 0. The minimum atomic E-state index is -0.580. The molecular formula is C14H18O. The van der Waals surface area contributed by atoms with Crippen molar-refractivity contribution in [2.45, 2.75) is 33.8 Å². The molecule has 0 aliphatic rings. The molecule has 0 bridgehead atoms. The number of aliphatic hydroxyl groups excluding tert-OH is 1.